The normalized spacial score (nSPS) is 19.4. The zero-order valence-corrected chi connectivity index (χ0v) is 10.6. The molecule has 0 spiro atoms. The van der Waals surface area contributed by atoms with E-state index in [9.17, 15) is 0 Å². The van der Waals surface area contributed by atoms with Crippen molar-refractivity contribution in [2.45, 2.75) is 32.2 Å². The van der Waals surface area contributed by atoms with Crippen molar-refractivity contribution in [2.24, 2.45) is 11.8 Å². The minimum absolute atomic E-state index is 0.360. The second-order valence-corrected chi connectivity index (χ2v) is 6.34. The van der Waals surface area contributed by atoms with Gasteiger partial charge in [-0.15, -0.1) is 11.3 Å². The average molecular weight is 275 g/mol. The summed E-state index contributed by atoms with van der Waals surface area (Å²) in [5.74, 6) is 6.36. The van der Waals surface area contributed by atoms with Crippen LogP contribution in [0.5, 0.6) is 0 Å². The molecule has 0 radical (unpaired) electrons. The lowest BCUT2D eigenvalue weighted by Gasteiger charge is -2.32. The maximum atomic E-state index is 5.62. The summed E-state index contributed by atoms with van der Waals surface area (Å²) in [6, 6.07) is 2.59. The van der Waals surface area contributed by atoms with Gasteiger partial charge in [0.05, 0.1) is 9.83 Å². The van der Waals surface area contributed by atoms with E-state index in [1.165, 1.54) is 33.5 Å². The first kappa shape index (κ1) is 10.6. The van der Waals surface area contributed by atoms with Gasteiger partial charge < -0.3 is 0 Å². The molecule has 0 amide bonds. The Bertz CT molecular complexity index is 300. The molecule has 1 unspecified atom stereocenters. The van der Waals surface area contributed by atoms with Crippen LogP contribution < -0.4 is 11.3 Å². The topological polar surface area (TPSA) is 38.0 Å². The highest BCUT2D eigenvalue weighted by Crippen LogP contribution is 2.41. The summed E-state index contributed by atoms with van der Waals surface area (Å²) in [6.07, 6.45) is 3.97. The van der Waals surface area contributed by atoms with E-state index in [-0.39, 0.29) is 0 Å². The van der Waals surface area contributed by atoms with Gasteiger partial charge in [0, 0.05) is 4.88 Å². The van der Waals surface area contributed by atoms with Gasteiger partial charge in [-0.05, 0) is 53.2 Å². The molecule has 4 heteroatoms. The molecule has 0 saturated heterocycles. The highest BCUT2D eigenvalue weighted by atomic mass is 79.9. The predicted molar refractivity (Wildman–Crippen MR) is 64.2 cm³/mol. The molecule has 1 heterocycles. The molecule has 1 atom stereocenters. The Labute approximate surface area is 97.0 Å². The number of nitrogens with one attached hydrogen (secondary N) is 1. The molecule has 1 aromatic heterocycles. The molecular formula is C10H15BrN2S. The van der Waals surface area contributed by atoms with E-state index in [0.717, 1.165) is 5.92 Å². The van der Waals surface area contributed by atoms with Crippen molar-refractivity contribution in [3.63, 3.8) is 0 Å². The second kappa shape index (κ2) is 4.31. The largest absolute Gasteiger partial charge is 0.271 e. The highest BCUT2D eigenvalue weighted by Gasteiger charge is 2.28. The van der Waals surface area contributed by atoms with Crippen molar-refractivity contribution in [2.75, 3.05) is 0 Å². The molecule has 1 fully saturated rings. The molecule has 1 saturated carbocycles. The Balaban J connectivity index is 2.17. The summed E-state index contributed by atoms with van der Waals surface area (Å²) in [4.78, 5) is 1.36. The minimum Gasteiger partial charge on any atom is -0.271 e. The maximum Gasteiger partial charge on any atom is 0.0731 e. The molecule has 0 bridgehead atoms. The fourth-order valence-electron chi connectivity index (χ4n) is 1.86. The zero-order chi connectivity index (χ0) is 10.1. The lowest BCUT2D eigenvalue weighted by atomic mass is 9.79. The van der Waals surface area contributed by atoms with Gasteiger partial charge in [0.15, 0.2) is 0 Å². The third kappa shape index (κ3) is 1.89. The molecule has 78 valence electrons. The van der Waals surface area contributed by atoms with Crippen LogP contribution >= 0.6 is 27.3 Å². The van der Waals surface area contributed by atoms with Crippen LogP contribution in [0.15, 0.2) is 9.85 Å². The molecule has 0 aromatic carbocycles. The monoisotopic (exact) mass is 274 g/mol. The predicted octanol–water partition coefficient (Wildman–Crippen LogP) is 3.12. The summed E-state index contributed by atoms with van der Waals surface area (Å²) < 4.78 is 1.23. The van der Waals surface area contributed by atoms with E-state index in [2.05, 4.69) is 34.3 Å². The second-order valence-electron chi connectivity index (χ2n) is 3.94. The average Bonchev–Trinajstić information content (AvgIpc) is 2.39. The third-order valence-corrected chi connectivity index (χ3v) is 5.20. The first-order chi connectivity index (χ1) is 6.72. The van der Waals surface area contributed by atoms with E-state index in [4.69, 9.17) is 5.84 Å². The van der Waals surface area contributed by atoms with Crippen LogP contribution in [0.25, 0.3) is 0 Å². The summed E-state index contributed by atoms with van der Waals surface area (Å²) >= 11 is 5.35. The third-order valence-electron chi connectivity index (χ3n) is 2.98. The van der Waals surface area contributed by atoms with E-state index in [1.807, 2.05) is 0 Å². The number of rotatable bonds is 3. The van der Waals surface area contributed by atoms with Crippen molar-refractivity contribution in [3.05, 3.63) is 20.3 Å². The number of halogens is 1. The Morgan fingerprint density at radius 2 is 2.36 bits per heavy atom. The maximum absolute atomic E-state index is 5.62. The Kier molecular flexibility index (Phi) is 3.27. The number of thiophene rings is 1. The van der Waals surface area contributed by atoms with Crippen molar-refractivity contribution < 1.29 is 0 Å². The van der Waals surface area contributed by atoms with Crippen LogP contribution in [0.2, 0.25) is 0 Å². The smallest absolute Gasteiger partial charge is 0.0731 e. The van der Waals surface area contributed by atoms with Gasteiger partial charge in [0.2, 0.25) is 0 Å². The van der Waals surface area contributed by atoms with Crippen LogP contribution in [0.4, 0.5) is 0 Å². The van der Waals surface area contributed by atoms with Crippen LogP contribution in [-0.2, 0) is 0 Å². The van der Waals surface area contributed by atoms with Gasteiger partial charge in [0.25, 0.3) is 0 Å². The van der Waals surface area contributed by atoms with Gasteiger partial charge in [-0.1, -0.05) is 6.42 Å². The van der Waals surface area contributed by atoms with Crippen LogP contribution in [-0.4, -0.2) is 0 Å². The Morgan fingerprint density at radius 1 is 1.64 bits per heavy atom. The van der Waals surface area contributed by atoms with Gasteiger partial charge in [-0.2, -0.15) is 0 Å². The van der Waals surface area contributed by atoms with Crippen molar-refractivity contribution in [1.29, 1.82) is 0 Å². The van der Waals surface area contributed by atoms with Crippen molar-refractivity contribution >= 4 is 27.3 Å². The summed E-state index contributed by atoms with van der Waals surface area (Å²) in [6.45, 7) is 2.12. The van der Waals surface area contributed by atoms with Gasteiger partial charge in [-0.25, -0.2) is 0 Å². The molecule has 1 aromatic rings. The molecule has 1 aliphatic carbocycles. The molecule has 3 N–H and O–H groups in total. The molecule has 2 rings (SSSR count). The molecular weight excluding hydrogens is 260 g/mol. The molecule has 0 aliphatic heterocycles. The lowest BCUT2D eigenvalue weighted by molar-refractivity contribution is 0.235. The first-order valence-electron chi connectivity index (χ1n) is 4.94. The lowest BCUT2D eigenvalue weighted by Crippen LogP contribution is -2.35. The first-order valence-corrected chi connectivity index (χ1v) is 6.55. The van der Waals surface area contributed by atoms with Crippen molar-refractivity contribution in [1.82, 2.24) is 5.43 Å². The SMILES string of the molecule is Cc1cc(C(NN)C2CCC2)sc1Br. The summed E-state index contributed by atoms with van der Waals surface area (Å²) in [7, 11) is 0. The number of nitrogens with two attached hydrogens (primary N) is 1. The van der Waals surface area contributed by atoms with E-state index in [1.54, 1.807) is 11.3 Å². The van der Waals surface area contributed by atoms with Crippen LogP contribution in [0.1, 0.15) is 35.7 Å². The zero-order valence-electron chi connectivity index (χ0n) is 8.22. The van der Waals surface area contributed by atoms with Crippen molar-refractivity contribution in [3.8, 4) is 0 Å². The molecule has 1 aliphatic rings. The minimum atomic E-state index is 0.360. The van der Waals surface area contributed by atoms with E-state index in [0.29, 0.717) is 6.04 Å². The van der Waals surface area contributed by atoms with E-state index < -0.39 is 0 Å². The summed E-state index contributed by atoms with van der Waals surface area (Å²) in [5, 5.41) is 0. The number of hydrazine groups is 1. The molecule has 2 nitrogen and oxygen atoms in total. The highest BCUT2D eigenvalue weighted by molar-refractivity contribution is 9.11. The summed E-state index contributed by atoms with van der Waals surface area (Å²) in [5.41, 5.74) is 4.26. The van der Waals surface area contributed by atoms with Gasteiger partial charge in [0.1, 0.15) is 0 Å². The van der Waals surface area contributed by atoms with Gasteiger partial charge in [-0.3, -0.25) is 11.3 Å². The standard InChI is InChI=1S/C10H15BrN2S/c1-6-5-8(14-10(6)11)9(13-12)7-3-2-4-7/h5,7,9,13H,2-4,12H2,1H3. The van der Waals surface area contributed by atoms with E-state index >= 15 is 0 Å². The Morgan fingerprint density at radius 3 is 2.71 bits per heavy atom. The number of hydrogen-bond acceptors (Lipinski definition) is 3. The fraction of sp³-hybridized carbons (Fsp3) is 0.600. The fourth-order valence-corrected chi connectivity index (χ4v) is 3.59. The quantitative estimate of drug-likeness (QED) is 0.657. The number of hydrogen-bond donors (Lipinski definition) is 2. The Hall–Kier alpha value is 0.100. The van der Waals surface area contributed by atoms with Gasteiger partial charge >= 0.3 is 0 Å². The molecule has 14 heavy (non-hydrogen) atoms. The van der Waals surface area contributed by atoms with Crippen LogP contribution in [0.3, 0.4) is 0 Å². The van der Waals surface area contributed by atoms with Crippen LogP contribution in [0, 0.1) is 12.8 Å². The number of aryl methyl sites for hydroxylation is 1.